The molecule has 1 aliphatic rings. The summed E-state index contributed by atoms with van der Waals surface area (Å²) in [5, 5.41) is 11.9. The maximum atomic E-state index is 11.7. The number of aromatic hydroxyl groups is 1. The molecule has 0 spiro atoms. The Bertz CT molecular complexity index is 949. The molecule has 0 atom stereocenters. The lowest BCUT2D eigenvalue weighted by atomic mass is 10.0. The number of ether oxygens (including phenoxy) is 1. The van der Waals surface area contributed by atoms with Crippen LogP contribution in [0.5, 0.6) is 17.2 Å². The quantitative estimate of drug-likeness (QED) is 0.338. The normalized spacial score (nSPS) is 15.5. The standard InChI is InChI=1S/C19H15I2NO4S/c1-9(2)12-8-11(3-4-15(12)23)26-17-13(20)5-10(6-14(17)21)7-16-18(24)22-19(25)27-16/h3-9,23H,1-2H3,(H,22,24,25)/b16-7-. The minimum Gasteiger partial charge on any atom is -0.508 e. The van der Waals surface area contributed by atoms with Gasteiger partial charge < -0.3 is 9.84 Å². The van der Waals surface area contributed by atoms with Crippen molar-refractivity contribution in [3.63, 3.8) is 0 Å². The molecule has 1 saturated heterocycles. The van der Waals surface area contributed by atoms with Gasteiger partial charge >= 0.3 is 0 Å². The van der Waals surface area contributed by atoms with E-state index in [4.69, 9.17) is 4.74 Å². The van der Waals surface area contributed by atoms with Crippen molar-refractivity contribution in [1.82, 2.24) is 5.32 Å². The monoisotopic (exact) mass is 607 g/mol. The van der Waals surface area contributed by atoms with E-state index in [1.807, 2.05) is 32.0 Å². The lowest BCUT2D eigenvalue weighted by molar-refractivity contribution is -0.115. The second-order valence-corrected chi connectivity index (χ2v) is 9.48. The average Bonchev–Trinajstić information content (AvgIpc) is 2.89. The molecule has 1 aliphatic heterocycles. The van der Waals surface area contributed by atoms with Crippen molar-refractivity contribution < 1.29 is 19.4 Å². The molecule has 27 heavy (non-hydrogen) atoms. The van der Waals surface area contributed by atoms with E-state index >= 15 is 0 Å². The predicted molar refractivity (Wildman–Crippen MR) is 123 cm³/mol. The Morgan fingerprint density at radius 2 is 1.81 bits per heavy atom. The smallest absolute Gasteiger partial charge is 0.290 e. The first-order chi connectivity index (χ1) is 12.7. The van der Waals surface area contributed by atoms with Crippen LogP contribution < -0.4 is 10.1 Å². The molecule has 0 aromatic heterocycles. The van der Waals surface area contributed by atoms with Crippen LogP contribution in [0.15, 0.2) is 35.2 Å². The largest absolute Gasteiger partial charge is 0.508 e. The number of carbonyl (C=O) groups is 2. The highest BCUT2D eigenvalue weighted by atomic mass is 127. The maximum Gasteiger partial charge on any atom is 0.290 e. The Hall–Kier alpha value is -1.27. The molecule has 1 heterocycles. The number of hydrogen-bond donors (Lipinski definition) is 2. The summed E-state index contributed by atoms with van der Waals surface area (Å²) in [7, 11) is 0. The van der Waals surface area contributed by atoms with E-state index in [0.29, 0.717) is 16.4 Å². The number of carbonyl (C=O) groups excluding carboxylic acids is 2. The zero-order valence-corrected chi connectivity index (χ0v) is 19.5. The summed E-state index contributed by atoms with van der Waals surface area (Å²) in [5.41, 5.74) is 1.64. The van der Waals surface area contributed by atoms with E-state index in [2.05, 4.69) is 50.5 Å². The van der Waals surface area contributed by atoms with Crippen molar-refractivity contribution in [2.45, 2.75) is 19.8 Å². The Labute approximate surface area is 188 Å². The second kappa shape index (κ2) is 8.39. The van der Waals surface area contributed by atoms with Crippen LogP contribution in [-0.2, 0) is 4.79 Å². The topological polar surface area (TPSA) is 75.6 Å². The zero-order valence-electron chi connectivity index (χ0n) is 14.4. The number of halogens is 2. The van der Waals surface area contributed by atoms with Crippen molar-refractivity contribution in [3.8, 4) is 17.2 Å². The van der Waals surface area contributed by atoms with Crippen LogP contribution in [0, 0.1) is 7.14 Å². The third-order valence-corrected chi connectivity index (χ3v) is 6.21. The summed E-state index contributed by atoms with van der Waals surface area (Å²) in [5.74, 6) is 1.41. The number of hydrogen-bond acceptors (Lipinski definition) is 5. The van der Waals surface area contributed by atoms with E-state index in [-0.39, 0.29) is 22.8 Å². The summed E-state index contributed by atoms with van der Waals surface area (Å²) in [6.07, 6.45) is 1.69. The van der Waals surface area contributed by atoms with Gasteiger partial charge in [-0.15, -0.1) is 0 Å². The van der Waals surface area contributed by atoms with Gasteiger partial charge in [0.1, 0.15) is 11.5 Å². The number of phenols is 1. The van der Waals surface area contributed by atoms with Gasteiger partial charge in [0.25, 0.3) is 11.1 Å². The number of benzene rings is 2. The minimum atomic E-state index is -0.374. The summed E-state index contributed by atoms with van der Waals surface area (Å²) in [4.78, 5) is 23.4. The zero-order chi connectivity index (χ0) is 19.7. The fourth-order valence-corrected chi connectivity index (χ4v) is 5.23. The first-order valence-corrected chi connectivity index (χ1v) is 11.0. The fraction of sp³-hybridized carbons (Fsp3) is 0.158. The number of imide groups is 1. The van der Waals surface area contributed by atoms with Gasteiger partial charge in [-0.2, -0.15) is 0 Å². The summed E-state index contributed by atoms with van der Waals surface area (Å²) in [6, 6.07) is 8.99. The van der Waals surface area contributed by atoms with Crippen molar-refractivity contribution in [3.05, 3.63) is 53.5 Å². The number of nitrogens with one attached hydrogen (secondary N) is 1. The molecular weight excluding hydrogens is 592 g/mol. The van der Waals surface area contributed by atoms with Gasteiger partial charge in [-0.25, -0.2) is 0 Å². The van der Waals surface area contributed by atoms with Crippen molar-refractivity contribution in [2.75, 3.05) is 0 Å². The van der Waals surface area contributed by atoms with Crippen LogP contribution in [0.1, 0.15) is 30.9 Å². The Kier molecular flexibility index (Phi) is 6.36. The van der Waals surface area contributed by atoms with Crippen molar-refractivity contribution in [1.29, 1.82) is 0 Å². The lowest BCUT2D eigenvalue weighted by Gasteiger charge is -2.14. The molecule has 0 radical (unpaired) electrons. The van der Waals surface area contributed by atoms with E-state index in [1.165, 1.54) is 0 Å². The van der Waals surface area contributed by atoms with Crippen LogP contribution in [0.3, 0.4) is 0 Å². The lowest BCUT2D eigenvalue weighted by Crippen LogP contribution is -2.17. The van der Waals surface area contributed by atoms with Crippen LogP contribution in [0.25, 0.3) is 6.08 Å². The SMILES string of the molecule is CC(C)c1cc(Oc2c(I)cc(/C=C3\SC(=O)NC3=O)cc2I)ccc1O. The highest BCUT2D eigenvalue weighted by Gasteiger charge is 2.25. The first-order valence-electron chi connectivity index (χ1n) is 7.99. The molecule has 2 aromatic rings. The fourth-order valence-electron chi connectivity index (χ4n) is 2.51. The van der Waals surface area contributed by atoms with E-state index < -0.39 is 0 Å². The van der Waals surface area contributed by atoms with Crippen LogP contribution in [-0.4, -0.2) is 16.3 Å². The van der Waals surface area contributed by atoms with Crippen molar-refractivity contribution in [2.24, 2.45) is 0 Å². The van der Waals surface area contributed by atoms with Gasteiger partial charge in [0.15, 0.2) is 5.75 Å². The molecule has 8 heteroatoms. The average molecular weight is 607 g/mol. The molecule has 0 aliphatic carbocycles. The molecule has 0 bridgehead atoms. The van der Waals surface area contributed by atoms with Crippen molar-refractivity contribution >= 4 is 74.2 Å². The summed E-state index contributed by atoms with van der Waals surface area (Å²) < 4.78 is 7.81. The van der Waals surface area contributed by atoms with Gasteiger partial charge in [0.05, 0.1) is 12.0 Å². The van der Waals surface area contributed by atoms with Crippen LogP contribution in [0.4, 0.5) is 4.79 Å². The van der Waals surface area contributed by atoms with Gasteiger partial charge in [-0.05, 0) is 105 Å². The van der Waals surface area contributed by atoms with E-state index in [0.717, 1.165) is 30.0 Å². The Balaban J connectivity index is 1.90. The molecule has 0 unspecified atom stereocenters. The van der Waals surface area contributed by atoms with Crippen LogP contribution in [0.2, 0.25) is 0 Å². The van der Waals surface area contributed by atoms with Gasteiger partial charge in [-0.1, -0.05) is 13.8 Å². The number of rotatable bonds is 4. The van der Waals surface area contributed by atoms with E-state index in [9.17, 15) is 14.7 Å². The molecule has 0 saturated carbocycles. The third-order valence-electron chi connectivity index (χ3n) is 3.80. The number of phenolic OH excluding ortho intramolecular Hbond substituents is 1. The van der Waals surface area contributed by atoms with Gasteiger partial charge in [0, 0.05) is 5.56 Å². The second-order valence-electron chi connectivity index (χ2n) is 6.14. The Morgan fingerprint density at radius 3 is 2.37 bits per heavy atom. The molecule has 5 nitrogen and oxygen atoms in total. The van der Waals surface area contributed by atoms with E-state index in [1.54, 1.807) is 18.2 Å². The summed E-state index contributed by atoms with van der Waals surface area (Å²) in [6.45, 7) is 4.02. The third kappa shape index (κ3) is 4.77. The van der Waals surface area contributed by atoms with Gasteiger partial charge in [-0.3, -0.25) is 14.9 Å². The minimum absolute atomic E-state index is 0.179. The molecular formula is C19H15I2NO4S. The molecule has 3 rings (SSSR count). The molecule has 1 fully saturated rings. The number of amides is 2. The number of thioether (sulfide) groups is 1. The summed E-state index contributed by atoms with van der Waals surface area (Å²) >= 11 is 5.25. The van der Waals surface area contributed by atoms with Gasteiger partial charge in [0.2, 0.25) is 0 Å². The molecule has 2 aromatic carbocycles. The predicted octanol–water partition coefficient (Wildman–Crippen LogP) is 5.84. The molecule has 140 valence electrons. The highest BCUT2D eigenvalue weighted by molar-refractivity contribution is 14.1. The first kappa shape index (κ1) is 20.5. The molecule has 2 amide bonds. The Morgan fingerprint density at radius 1 is 1.15 bits per heavy atom. The molecule has 2 N–H and O–H groups in total. The maximum absolute atomic E-state index is 11.7. The highest BCUT2D eigenvalue weighted by Crippen LogP contribution is 2.37. The van der Waals surface area contributed by atoms with Crippen LogP contribution >= 0.6 is 56.9 Å².